The first-order valence-corrected chi connectivity index (χ1v) is 19.3. The van der Waals surface area contributed by atoms with Crippen LogP contribution in [0.5, 0.6) is 0 Å². The minimum Gasteiger partial charge on any atom is -0.369 e. The van der Waals surface area contributed by atoms with E-state index < -0.39 is 24.2 Å². The van der Waals surface area contributed by atoms with Crippen molar-refractivity contribution in [1.82, 2.24) is 25.3 Å². The van der Waals surface area contributed by atoms with Gasteiger partial charge >= 0.3 is 0 Å². The quantitative estimate of drug-likeness (QED) is 0.377. The van der Waals surface area contributed by atoms with Crippen molar-refractivity contribution in [3.05, 3.63) is 11.8 Å². The smallest absolute Gasteiger partial charge is 0.256 e. The van der Waals surface area contributed by atoms with Crippen LogP contribution in [0.25, 0.3) is 0 Å². The molecule has 10 heteroatoms. The zero-order chi connectivity index (χ0) is 33.7. The van der Waals surface area contributed by atoms with Gasteiger partial charge in [0.15, 0.2) is 5.78 Å². The number of ether oxygens (including phenoxy) is 1. The molecule has 2 amide bonds. The van der Waals surface area contributed by atoms with Gasteiger partial charge in [0, 0.05) is 50.8 Å². The largest absolute Gasteiger partial charge is 0.369 e. The number of hydrogen-bond acceptors (Lipinski definition) is 7. The average molecular weight is 670 g/mol. The summed E-state index contributed by atoms with van der Waals surface area (Å²) >= 11 is 0. The summed E-state index contributed by atoms with van der Waals surface area (Å²) in [5, 5.41) is 6.65. The number of likely N-dealkylation sites (tertiary alicyclic amines) is 2. The number of nitrogens with zero attached hydrogens (tertiary/aromatic N) is 3. The topological polar surface area (TPSA) is 94.2 Å². The van der Waals surface area contributed by atoms with E-state index in [-0.39, 0.29) is 59.1 Å². The molecule has 3 aliphatic carbocycles. The molecular formula is C38H60FN5O4. The Labute approximate surface area is 287 Å². The molecule has 0 bridgehead atoms. The Morgan fingerprint density at radius 3 is 2.52 bits per heavy atom. The van der Waals surface area contributed by atoms with Gasteiger partial charge in [-0.2, -0.15) is 0 Å². The van der Waals surface area contributed by atoms with E-state index in [1.165, 1.54) is 32.1 Å². The Balaban J connectivity index is 1.08. The van der Waals surface area contributed by atoms with Crippen molar-refractivity contribution in [2.75, 3.05) is 39.8 Å². The fourth-order valence-corrected chi connectivity index (χ4v) is 10.6. The highest BCUT2D eigenvalue weighted by molar-refractivity contribution is 6.20. The second-order valence-electron chi connectivity index (χ2n) is 17.7. The molecule has 0 aromatic carbocycles. The number of Topliss-reactive ketones (excluding diaryl/α,β-unsaturated/α-hetero) is 1. The first-order chi connectivity index (χ1) is 23.0. The van der Waals surface area contributed by atoms with Gasteiger partial charge in [-0.15, -0.1) is 0 Å². The van der Waals surface area contributed by atoms with Crippen molar-refractivity contribution in [3.8, 4) is 0 Å². The maximum absolute atomic E-state index is 16.4. The molecule has 0 aromatic heterocycles. The number of morpholine rings is 1. The first kappa shape index (κ1) is 34.4. The summed E-state index contributed by atoms with van der Waals surface area (Å²) in [6.45, 7) is 9.95. The molecule has 48 heavy (non-hydrogen) atoms. The highest BCUT2D eigenvalue weighted by Crippen LogP contribution is 2.50. The zero-order valence-electron chi connectivity index (χ0n) is 29.8. The van der Waals surface area contributed by atoms with Crippen molar-refractivity contribution >= 4 is 17.6 Å². The Bertz CT molecular complexity index is 1250. The van der Waals surface area contributed by atoms with Crippen LogP contribution in [0.4, 0.5) is 4.39 Å². The molecule has 2 N–H and O–H groups in total. The number of fused-ring (bicyclic) bond motifs is 3. The highest BCUT2D eigenvalue weighted by Gasteiger charge is 2.59. The molecular weight excluding hydrogens is 609 g/mol. The Hall–Kier alpha value is -2.04. The van der Waals surface area contributed by atoms with E-state index in [0.29, 0.717) is 43.9 Å². The van der Waals surface area contributed by atoms with Crippen LogP contribution in [0.3, 0.4) is 0 Å². The molecule has 3 saturated heterocycles. The zero-order valence-corrected chi connectivity index (χ0v) is 29.8. The lowest BCUT2D eigenvalue weighted by molar-refractivity contribution is -0.208. The van der Waals surface area contributed by atoms with E-state index in [9.17, 15) is 14.4 Å². The van der Waals surface area contributed by atoms with Crippen molar-refractivity contribution in [3.63, 3.8) is 0 Å². The van der Waals surface area contributed by atoms with Crippen molar-refractivity contribution in [2.24, 2.45) is 29.1 Å². The van der Waals surface area contributed by atoms with Crippen LogP contribution in [0.15, 0.2) is 11.8 Å². The SMILES string of the molecule is CN1CCCC1CCNC(=O)C1=CN2C3CC4CCCCC4CC3OC3C(NCC4CCN(C(=O)CC(C)(C)C)C4)C(F)CC(C1=O)C32. The number of carbonyl (C=O) groups excluding carboxylic acids is 3. The van der Waals surface area contributed by atoms with Gasteiger partial charge in [-0.1, -0.05) is 46.5 Å². The van der Waals surface area contributed by atoms with Gasteiger partial charge in [-0.3, -0.25) is 14.4 Å². The van der Waals surface area contributed by atoms with E-state index in [1.807, 2.05) is 11.1 Å². The number of alkyl halides is 1. The van der Waals surface area contributed by atoms with Gasteiger partial charge in [0.2, 0.25) is 5.91 Å². The molecule has 9 nitrogen and oxygen atoms in total. The summed E-state index contributed by atoms with van der Waals surface area (Å²) in [5.41, 5.74) is 0.149. The number of nitrogens with one attached hydrogen (secondary N) is 2. The van der Waals surface area contributed by atoms with Gasteiger partial charge in [-0.05, 0) is 81.7 Å². The number of rotatable bonds is 8. The van der Waals surface area contributed by atoms with E-state index >= 15 is 4.39 Å². The lowest BCUT2D eigenvalue weighted by Crippen LogP contribution is -2.73. The first-order valence-electron chi connectivity index (χ1n) is 19.3. The van der Waals surface area contributed by atoms with Crippen LogP contribution >= 0.6 is 0 Å². The lowest BCUT2D eigenvalue weighted by atomic mass is 9.65. The molecule has 0 spiro atoms. The highest BCUT2D eigenvalue weighted by atomic mass is 19.1. The summed E-state index contributed by atoms with van der Waals surface area (Å²) in [6, 6.07) is -0.243. The summed E-state index contributed by atoms with van der Waals surface area (Å²) in [4.78, 5) is 47.2. The van der Waals surface area contributed by atoms with Gasteiger partial charge in [0.05, 0.1) is 35.9 Å². The molecule has 0 aromatic rings. The molecule has 7 rings (SSSR count). The molecule has 11 atom stereocenters. The molecule has 3 saturated carbocycles. The third kappa shape index (κ3) is 6.96. The fraction of sp³-hybridized carbons (Fsp3) is 0.868. The number of hydrogen-bond donors (Lipinski definition) is 2. The Morgan fingerprint density at radius 1 is 1.02 bits per heavy atom. The molecule has 4 heterocycles. The maximum atomic E-state index is 16.4. The second kappa shape index (κ2) is 13.9. The summed E-state index contributed by atoms with van der Waals surface area (Å²) in [6.07, 6.45) is 11.8. The van der Waals surface area contributed by atoms with Gasteiger partial charge in [0.25, 0.3) is 5.91 Å². The number of halogens is 1. The monoisotopic (exact) mass is 669 g/mol. The van der Waals surface area contributed by atoms with E-state index in [0.717, 1.165) is 45.2 Å². The summed E-state index contributed by atoms with van der Waals surface area (Å²) in [7, 11) is 2.13. The number of amides is 2. The summed E-state index contributed by atoms with van der Waals surface area (Å²) in [5.74, 6) is 0.590. The lowest BCUT2D eigenvalue weighted by Gasteiger charge is -2.61. The van der Waals surface area contributed by atoms with Crippen LogP contribution in [-0.2, 0) is 19.1 Å². The standard InChI is InChI=1S/C38H60FN5O4/c1-38(2,3)19-32(45)43-15-12-23(21-43)20-41-33-29(39)18-27-34-36(33)48-31-17-25-9-6-5-8-24(25)16-30(31)44(34)22-28(35(27)46)37(47)40-13-11-26-10-7-14-42(26)4/h22-27,29-31,33-34,36,41H,5-21H2,1-4H3,(H,40,47). The Kier molecular flexibility index (Phi) is 9.99. The van der Waals surface area contributed by atoms with Crippen molar-refractivity contribution in [2.45, 2.75) is 140 Å². The van der Waals surface area contributed by atoms with Crippen molar-refractivity contribution < 1.29 is 23.5 Å². The summed E-state index contributed by atoms with van der Waals surface area (Å²) < 4.78 is 23.3. The third-order valence-electron chi connectivity index (χ3n) is 13.1. The fourth-order valence-electron chi connectivity index (χ4n) is 10.6. The van der Waals surface area contributed by atoms with Crippen LogP contribution in [-0.4, -0.2) is 115 Å². The minimum absolute atomic E-state index is 0.0375. The molecule has 7 aliphatic rings. The minimum atomic E-state index is -1.26. The molecule has 6 fully saturated rings. The van der Waals surface area contributed by atoms with E-state index in [1.54, 1.807) is 0 Å². The second-order valence-corrected chi connectivity index (χ2v) is 17.7. The average Bonchev–Trinajstić information content (AvgIpc) is 3.69. The van der Waals surface area contributed by atoms with Crippen LogP contribution in [0, 0.1) is 29.1 Å². The van der Waals surface area contributed by atoms with Crippen LogP contribution < -0.4 is 10.6 Å². The van der Waals surface area contributed by atoms with Gasteiger partial charge < -0.3 is 30.1 Å². The van der Waals surface area contributed by atoms with E-state index in [2.05, 4.69) is 48.3 Å². The molecule has 11 unspecified atom stereocenters. The number of ketones is 1. The third-order valence-corrected chi connectivity index (χ3v) is 13.1. The normalized spacial score (nSPS) is 39.8. The molecule has 0 radical (unpaired) electrons. The number of carbonyl (C=O) groups is 3. The molecule has 268 valence electrons. The van der Waals surface area contributed by atoms with Crippen LogP contribution in [0.2, 0.25) is 0 Å². The van der Waals surface area contributed by atoms with Gasteiger partial charge in [0.1, 0.15) is 6.17 Å². The van der Waals surface area contributed by atoms with Gasteiger partial charge in [-0.25, -0.2) is 4.39 Å². The van der Waals surface area contributed by atoms with E-state index in [4.69, 9.17) is 4.74 Å². The predicted molar refractivity (Wildman–Crippen MR) is 183 cm³/mol. The predicted octanol–water partition coefficient (Wildman–Crippen LogP) is 4.06. The Morgan fingerprint density at radius 2 is 1.79 bits per heavy atom. The van der Waals surface area contributed by atoms with Crippen LogP contribution in [0.1, 0.15) is 97.8 Å². The van der Waals surface area contributed by atoms with Crippen molar-refractivity contribution in [1.29, 1.82) is 0 Å². The molecule has 4 aliphatic heterocycles. The maximum Gasteiger partial charge on any atom is 0.256 e.